The largest absolute Gasteiger partial charge is 0.435 e. The first-order valence-electron chi connectivity index (χ1n) is 5.18. The van der Waals surface area contributed by atoms with Crippen LogP contribution in [0, 0.1) is 0 Å². The molecule has 3 nitrogen and oxygen atoms in total. The van der Waals surface area contributed by atoms with Crippen molar-refractivity contribution in [2.45, 2.75) is 37.9 Å². The summed E-state index contributed by atoms with van der Waals surface area (Å²) in [6.07, 6.45) is -5.25. The lowest BCUT2D eigenvalue weighted by molar-refractivity contribution is -0.142. The second-order valence-electron chi connectivity index (χ2n) is 4.27. The number of fused-ring (bicyclic) bond motifs is 1. The van der Waals surface area contributed by atoms with E-state index in [0.717, 1.165) is 0 Å². The Kier molecular flexibility index (Phi) is 2.71. The second kappa shape index (κ2) is 3.76. The maximum atomic E-state index is 13.6. The van der Waals surface area contributed by atoms with Crippen molar-refractivity contribution in [3.8, 4) is 0 Å². The van der Waals surface area contributed by atoms with Crippen molar-refractivity contribution in [2.24, 2.45) is 0 Å². The quantitative estimate of drug-likeness (QED) is 0.610. The lowest BCUT2D eigenvalue weighted by atomic mass is 10.0. The maximum Gasteiger partial charge on any atom is 0.435 e. The van der Waals surface area contributed by atoms with E-state index in [2.05, 4.69) is 5.10 Å². The molecule has 0 N–H and O–H groups in total. The summed E-state index contributed by atoms with van der Waals surface area (Å²) in [6.45, 7) is 0.683. The Morgan fingerprint density at radius 3 is 2.61 bits per heavy atom. The molecule has 0 bridgehead atoms. The first-order chi connectivity index (χ1) is 8.18. The number of carbonyl (C=O) groups is 1. The topological polar surface area (TPSA) is 34.9 Å². The lowest BCUT2D eigenvalue weighted by Crippen LogP contribution is -2.17. The van der Waals surface area contributed by atoms with Crippen LogP contribution in [0.2, 0.25) is 0 Å². The molecule has 0 fully saturated rings. The number of halogens is 5. The van der Waals surface area contributed by atoms with Crippen LogP contribution in [-0.2, 0) is 23.4 Å². The predicted octanol–water partition coefficient (Wildman–Crippen LogP) is 2.70. The molecule has 100 valence electrons. The lowest BCUT2D eigenvalue weighted by Gasteiger charge is -2.12. The van der Waals surface area contributed by atoms with E-state index in [1.165, 1.54) is 6.92 Å². The molecule has 0 spiro atoms. The Labute approximate surface area is 98.6 Å². The first-order valence-corrected chi connectivity index (χ1v) is 5.18. The number of aldehydes is 1. The SMILES string of the molecule is C[C@H]1CC(F)(F)c2c1c(C(F)(F)F)nn2CC=O. The van der Waals surface area contributed by atoms with Gasteiger partial charge in [-0.2, -0.15) is 27.1 Å². The normalized spacial score (nSPS) is 22.0. The third kappa shape index (κ3) is 1.79. The van der Waals surface area contributed by atoms with Crippen LogP contribution in [0.15, 0.2) is 0 Å². The summed E-state index contributed by atoms with van der Waals surface area (Å²) in [4.78, 5) is 10.3. The fraction of sp³-hybridized carbons (Fsp3) is 0.600. The Morgan fingerprint density at radius 1 is 1.50 bits per heavy atom. The van der Waals surface area contributed by atoms with Gasteiger partial charge in [0, 0.05) is 12.0 Å². The van der Waals surface area contributed by atoms with Crippen LogP contribution >= 0.6 is 0 Å². The molecule has 1 aromatic heterocycles. The van der Waals surface area contributed by atoms with E-state index >= 15 is 0 Å². The van der Waals surface area contributed by atoms with Gasteiger partial charge in [0.2, 0.25) is 0 Å². The van der Waals surface area contributed by atoms with E-state index in [-0.39, 0.29) is 6.29 Å². The van der Waals surface area contributed by atoms with Crippen LogP contribution in [-0.4, -0.2) is 16.1 Å². The molecule has 0 saturated carbocycles. The van der Waals surface area contributed by atoms with Gasteiger partial charge in [0.15, 0.2) is 5.69 Å². The molecule has 1 heterocycles. The van der Waals surface area contributed by atoms with Crippen LogP contribution in [0.25, 0.3) is 0 Å². The van der Waals surface area contributed by atoms with Crippen LogP contribution in [0.1, 0.15) is 36.2 Å². The number of nitrogens with zero attached hydrogens (tertiary/aromatic N) is 2. The highest BCUT2D eigenvalue weighted by atomic mass is 19.4. The van der Waals surface area contributed by atoms with Gasteiger partial charge in [0.1, 0.15) is 12.0 Å². The maximum absolute atomic E-state index is 13.6. The average molecular weight is 268 g/mol. The third-order valence-electron chi connectivity index (χ3n) is 2.91. The molecule has 2 rings (SSSR count). The van der Waals surface area contributed by atoms with Crippen molar-refractivity contribution < 1.29 is 26.7 Å². The summed E-state index contributed by atoms with van der Waals surface area (Å²) in [6, 6.07) is 0. The zero-order chi connectivity index (χ0) is 13.7. The minimum atomic E-state index is -4.80. The summed E-state index contributed by atoms with van der Waals surface area (Å²) in [7, 11) is 0. The number of hydrogen-bond donors (Lipinski definition) is 0. The first kappa shape index (κ1) is 13.0. The molecule has 18 heavy (non-hydrogen) atoms. The summed E-state index contributed by atoms with van der Waals surface area (Å²) >= 11 is 0. The summed E-state index contributed by atoms with van der Waals surface area (Å²) in [5.41, 5.74) is -2.59. The van der Waals surface area contributed by atoms with E-state index in [0.29, 0.717) is 4.68 Å². The van der Waals surface area contributed by atoms with Crippen LogP contribution < -0.4 is 0 Å². The van der Waals surface area contributed by atoms with Gasteiger partial charge < -0.3 is 4.79 Å². The number of hydrogen-bond acceptors (Lipinski definition) is 2. The van der Waals surface area contributed by atoms with Gasteiger partial charge in [-0.1, -0.05) is 6.92 Å². The highest BCUT2D eigenvalue weighted by Crippen LogP contribution is 2.51. The highest BCUT2D eigenvalue weighted by molar-refractivity contribution is 5.50. The Balaban J connectivity index is 2.68. The molecule has 0 unspecified atom stereocenters. The van der Waals surface area contributed by atoms with E-state index in [1.54, 1.807) is 0 Å². The molecular formula is C10H9F5N2O. The monoisotopic (exact) mass is 268 g/mol. The van der Waals surface area contributed by atoms with E-state index in [4.69, 9.17) is 0 Å². The summed E-state index contributed by atoms with van der Waals surface area (Å²) in [5.74, 6) is -4.32. The van der Waals surface area contributed by atoms with Gasteiger partial charge in [0.25, 0.3) is 5.92 Å². The fourth-order valence-corrected chi connectivity index (χ4v) is 2.32. The molecule has 1 atom stereocenters. The van der Waals surface area contributed by atoms with Gasteiger partial charge in [-0.3, -0.25) is 4.68 Å². The zero-order valence-corrected chi connectivity index (χ0v) is 9.26. The van der Waals surface area contributed by atoms with E-state index < -0.39 is 47.9 Å². The van der Waals surface area contributed by atoms with Crippen molar-refractivity contribution in [3.05, 3.63) is 17.0 Å². The molecule has 1 aromatic rings. The average Bonchev–Trinajstić information content (AvgIpc) is 2.66. The Bertz CT molecular complexity index is 491. The van der Waals surface area contributed by atoms with Gasteiger partial charge >= 0.3 is 6.18 Å². The molecule has 1 aliphatic rings. The molecule has 0 aliphatic heterocycles. The van der Waals surface area contributed by atoms with Gasteiger partial charge in [0.05, 0.1) is 6.54 Å². The van der Waals surface area contributed by atoms with Crippen LogP contribution in [0.3, 0.4) is 0 Å². The second-order valence-corrected chi connectivity index (χ2v) is 4.27. The Hall–Kier alpha value is -1.47. The molecule has 0 saturated heterocycles. The Morgan fingerprint density at radius 2 is 2.11 bits per heavy atom. The van der Waals surface area contributed by atoms with Crippen LogP contribution in [0.4, 0.5) is 22.0 Å². The standard InChI is InChI=1S/C10H9F5N2O/c1-5-4-9(11,12)8-6(5)7(10(13,14)15)16-17(8)2-3-18/h3,5H,2,4H2,1H3/t5-/m0/s1. The molecule has 0 aromatic carbocycles. The van der Waals surface area contributed by atoms with Crippen molar-refractivity contribution in [1.82, 2.24) is 9.78 Å². The zero-order valence-electron chi connectivity index (χ0n) is 9.26. The molecule has 1 aliphatic carbocycles. The fourth-order valence-electron chi connectivity index (χ4n) is 2.32. The van der Waals surface area contributed by atoms with Crippen molar-refractivity contribution >= 4 is 6.29 Å². The molecule has 0 radical (unpaired) electrons. The molecule has 0 amide bonds. The minimum Gasteiger partial charge on any atom is -0.301 e. The number of alkyl halides is 5. The van der Waals surface area contributed by atoms with Crippen molar-refractivity contribution in [1.29, 1.82) is 0 Å². The summed E-state index contributed by atoms with van der Waals surface area (Å²) < 4.78 is 65.8. The van der Waals surface area contributed by atoms with Gasteiger partial charge in [-0.25, -0.2) is 0 Å². The smallest absolute Gasteiger partial charge is 0.301 e. The van der Waals surface area contributed by atoms with Gasteiger partial charge in [-0.05, 0) is 5.92 Å². The number of carbonyl (C=O) groups excluding carboxylic acids is 1. The predicted molar refractivity (Wildman–Crippen MR) is 50.2 cm³/mol. The van der Waals surface area contributed by atoms with E-state index in [1.807, 2.05) is 0 Å². The van der Waals surface area contributed by atoms with E-state index in [9.17, 15) is 26.7 Å². The minimum absolute atomic E-state index is 0.243. The van der Waals surface area contributed by atoms with Gasteiger partial charge in [-0.15, -0.1) is 0 Å². The van der Waals surface area contributed by atoms with Crippen molar-refractivity contribution in [3.63, 3.8) is 0 Å². The third-order valence-corrected chi connectivity index (χ3v) is 2.91. The number of rotatable bonds is 2. The molecule has 8 heteroatoms. The van der Waals surface area contributed by atoms with Crippen LogP contribution in [0.5, 0.6) is 0 Å². The van der Waals surface area contributed by atoms with Crippen molar-refractivity contribution in [2.75, 3.05) is 0 Å². The number of aromatic nitrogens is 2. The summed E-state index contributed by atoms with van der Waals surface area (Å²) in [5, 5.41) is 3.12. The highest BCUT2D eigenvalue weighted by Gasteiger charge is 2.52. The molecular weight excluding hydrogens is 259 g/mol.